The van der Waals surface area contributed by atoms with Gasteiger partial charge < -0.3 is 0 Å². The topological polar surface area (TPSA) is 34.9 Å². The van der Waals surface area contributed by atoms with Gasteiger partial charge in [0.05, 0.1) is 11.4 Å². The van der Waals surface area contributed by atoms with Gasteiger partial charge in [-0.2, -0.15) is 0 Å². The molecule has 3 aromatic rings. The van der Waals surface area contributed by atoms with Gasteiger partial charge in [-0.1, -0.05) is 48.5 Å². The summed E-state index contributed by atoms with van der Waals surface area (Å²) in [6.07, 6.45) is 0. The SMILES string of the molecule is Cc1ccccc1-n1c(C)nc(-c2ccccc2)cc1=O.Cl. The summed E-state index contributed by atoms with van der Waals surface area (Å²) >= 11 is 0. The third-order valence-corrected chi connectivity index (χ3v) is 3.51. The van der Waals surface area contributed by atoms with Gasteiger partial charge in [-0.3, -0.25) is 9.36 Å². The van der Waals surface area contributed by atoms with Crippen LogP contribution in [0.1, 0.15) is 11.4 Å². The van der Waals surface area contributed by atoms with E-state index in [-0.39, 0.29) is 18.0 Å². The molecule has 112 valence electrons. The highest BCUT2D eigenvalue weighted by molar-refractivity contribution is 5.85. The fourth-order valence-corrected chi connectivity index (χ4v) is 2.46. The van der Waals surface area contributed by atoms with Crippen molar-refractivity contribution in [3.05, 3.63) is 82.4 Å². The van der Waals surface area contributed by atoms with E-state index in [2.05, 4.69) is 4.98 Å². The highest BCUT2D eigenvalue weighted by Crippen LogP contribution is 2.17. The lowest BCUT2D eigenvalue weighted by Gasteiger charge is -2.13. The maximum absolute atomic E-state index is 12.5. The summed E-state index contributed by atoms with van der Waals surface area (Å²) in [7, 11) is 0. The zero-order valence-corrected chi connectivity index (χ0v) is 13.3. The maximum atomic E-state index is 12.5. The standard InChI is InChI=1S/C18H16N2O.ClH/c1-13-8-6-7-11-17(13)20-14(2)19-16(12-18(20)21)15-9-4-3-5-10-15;/h3-12H,1-2H3;1H. The molecule has 4 heteroatoms. The zero-order valence-electron chi connectivity index (χ0n) is 12.5. The van der Waals surface area contributed by atoms with E-state index in [1.807, 2.05) is 68.4 Å². The fraction of sp³-hybridized carbons (Fsp3) is 0.111. The number of para-hydroxylation sites is 1. The molecule has 0 saturated carbocycles. The number of hydrogen-bond acceptors (Lipinski definition) is 2. The van der Waals surface area contributed by atoms with Crippen molar-refractivity contribution in [3.63, 3.8) is 0 Å². The molecule has 0 N–H and O–H groups in total. The molecule has 3 rings (SSSR count). The summed E-state index contributed by atoms with van der Waals surface area (Å²) in [5.74, 6) is 0.690. The highest BCUT2D eigenvalue weighted by Gasteiger charge is 2.09. The Kier molecular flexibility index (Phi) is 4.78. The third kappa shape index (κ3) is 2.95. The predicted octanol–water partition coefficient (Wildman–Crippen LogP) is 3.94. The van der Waals surface area contributed by atoms with Gasteiger partial charge in [0, 0.05) is 11.6 Å². The summed E-state index contributed by atoms with van der Waals surface area (Å²) in [5, 5.41) is 0. The molecular weight excluding hydrogens is 296 g/mol. The van der Waals surface area contributed by atoms with Gasteiger partial charge in [-0.25, -0.2) is 4.98 Å². The Morgan fingerprint density at radius 2 is 1.55 bits per heavy atom. The van der Waals surface area contributed by atoms with Crippen molar-refractivity contribution in [2.45, 2.75) is 13.8 Å². The molecule has 0 unspecified atom stereocenters. The van der Waals surface area contributed by atoms with Gasteiger partial charge in [0.1, 0.15) is 5.82 Å². The summed E-state index contributed by atoms with van der Waals surface area (Å²) in [6, 6.07) is 19.2. The van der Waals surface area contributed by atoms with Crippen LogP contribution in [0.4, 0.5) is 0 Å². The van der Waals surface area contributed by atoms with Gasteiger partial charge in [-0.15, -0.1) is 12.4 Å². The number of aromatic nitrogens is 2. The van der Waals surface area contributed by atoms with Crippen molar-refractivity contribution < 1.29 is 0 Å². The Hall–Kier alpha value is -2.39. The van der Waals surface area contributed by atoms with Crippen LogP contribution in [-0.4, -0.2) is 9.55 Å². The second-order valence-corrected chi connectivity index (χ2v) is 5.01. The highest BCUT2D eigenvalue weighted by atomic mass is 35.5. The molecule has 0 bridgehead atoms. The minimum absolute atomic E-state index is 0. The van der Waals surface area contributed by atoms with Crippen molar-refractivity contribution in [2.75, 3.05) is 0 Å². The Bertz CT molecular complexity index is 841. The lowest BCUT2D eigenvalue weighted by molar-refractivity contribution is 0.868. The smallest absolute Gasteiger partial charge is 0.258 e. The van der Waals surface area contributed by atoms with Crippen molar-refractivity contribution >= 4 is 12.4 Å². The van der Waals surface area contributed by atoms with E-state index in [1.54, 1.807) is 10.6 Å². The molecule has 1 heterocycles. The molecule has 0 atom stereocenters. The first kappa shape index (κ1) is 16.0. The van der Waals surface area contributed by atoms with Crippen LogP contribution >= 0.6 is 12.4 Å². The summed E-state index contributed by atoms with van der Waals surface area (Å²) in [6.45, 7) is 3.85. The molecular formula is C18H17ClN2O. The number of rotatable bonds is 2. The van der Waals surface area contributed by atoms with E-state index in [9.17, 15) is 4.79 Å². The van der Waals surface area contributed by atoms with E-state index in [4.69, 9.17) is 0 Å². The first-order chi connectivity index (χ1) is 10.2. The fourth-order valence-electron chi connectivity index (χ4n) is 2.46. The monoisotopic (exact) mass is 312 g/mol. The van der Waals surface area contributed by atoms with E-state index < -0.39 is 0 Å². The van der Waals surface area contributed by atoms with Gasteiger partial charge in [0.25, 0.3) is 5.56 Å². The van der Waals surface area contributed by atoms with Crippen molar-refractivity contribution in [3.8, 4) is 16.9 Å². The third-order valence-electron chi connectivity index (χ3n) is 3.51. The number of nitrogens with zero attached hydrogens (tertiary/aromatic N) is 2. The molecule has 0 aliphatic heterocycles. The van der Waals surface area contributed by atoms with Crippen LogP contribution < -0.4 is 5.56 Å². The van der Waals surface area contributed by atoms with Crippen molar-refractivity contribution in [2.24, 2.45) is 0 Å². The number of aryl methyl sites for hydroxylation is 2. The summed E-state index contributed by atoms with van der Waals surface area (Å²) < 4.78 is 1.65. The van der Waals surface area contributed by atoms with E-state index in [0.29, 0.717) is 11.5 Å². The molecule has 0 saturated heterocycles. The molecule has 0 radical (unpaired) electrons. The second-order valence-electron chi connectivity index (χ2n) is 5.01. The largest absolute Gasteiger partial charge is 0.269 e. The zero-order chi connectivity index (χ0) is 14.8. The van der Waals surface area contributed by atoms with Crippen LogP contribution in [0.5, 0.6) is 0 Å². The number of hydrogen-bond donors (Lipinski definition) is 0. The van der Waals surface area contributed by atoms with Gasteiger partial charge in [0.2, 0.25) is 0 Å². The average Bonchev–Trinajstić information content (AvgIpc) is 2.49. The summed E-state index contributed by atoms with van der Waals surface area (Å²) in [4.78, 5) is 17.1. The molecule has 22 heavy (non-hydrogen) atoms. The Morgan fingerprint density at radius 3 is 2.18 bits per heavy atom. The molecule has 0 spiro atoms. The number of benzene rings is 2. The Balaban J connectivity index is 0.00000176. The van der Waals surface area contributed by atoms with Crippen molar-refractivity contribution in [1.82, 2.24) is 9.55 Å². The molecule has 0 fully saturated rings. The normalized spacial score (nSPS) is 10.1. The van der Waals surface area contributed by atoms with Gasteiger partial charge in [0.15, 0.2) is 0 Å². The second kappa shape index (κ2) is 6.58. The quantitative estimate of drug-likeness (QED) is 0.718. The van der Waals surface area contributed by atoms with Crippen LogP contribution in [0.2, 0.25) is 0 Å². The minimum atomic E-state index is -0.0596. The molecule has 0 aliphatic carbocycles. The number of halogens is 1. The van der Waals surface area contributed by atoms with Crippen molar-refractivity contribution in [1.29, 1.82) is 0 Å². The lowest BCUT2D eigenvalue weighted by Crippen LogP contribution is -2.22. The van der Waals surface area contributed by atoms with Gasteiger partial charge >= 0.3 is 0 Å². The van der Waals surface area contributed by atoms with E-state index in [1.165, 1.54) is 0 Å². The van der Waals surface area contributed by atoms with Crippen LogP contribution in [0.15, 0.2) is 65.5 Å². The Labute approximate surface area is 135 Å². The van der Waals surface area contributed by atoms with Crippen LogP contribution in [0.3, 0.4) is 0 Å². The molecule has 3 nitrogen and oxygen atoms in total. The predicted molar refractivity (Wildman–Crippen MR) is 92.0 cm³/mol. The van der Waals surface area contributed by atoms with Crippen LogP contribution in [0, 0.1) is 13.8 Å². The van der Waals surface area contributed by atoms with E-state index in [0.717, 1.165) is 16.8 Å². The van der Waals surface area contributed by atoms with Crippen LogP contribution in [0.25, 0.3) is 16.9 Å². The summed E-state index contributed by atoms with van der Waals surface area (Å²) in [5.41, 5.74) is 3.54. The molecule has 0 amide bonds. The minimum Gasteiger partial charge on any atom is -0.269 e. The Morgan fingerprint density at radius 1 is 0.909 bits per heavy atom. The first-order valence-corrected chi connectivity index (χ1v) is 6.89. The molecule has 0 aliphatic rings. The first-order valence-electron chi connectivity index (χ1n) is 6.89. The molecule has 2 aromatic carbocycles. The average molecular weight is 313 g/mol. The maximum Gasteiger partial charge on any atom is 0.258 e. The van der Waals surface area contributed by atoms with E-state index >= 15 is 0 Å². The lowest BCUT2D eigenvalue weighted by atomic mass is 10.1. The van der Waals surface area contributed by atoms with Crippen LogP contribution in [-0.2, 0) is 0 Å². The van der Waals surface area contributed by atoms with Gasteiger partial charge in [-0.05, 0) is 25.5 Å². The molecule has 1 aromatic heterocycles.